The molecule has 0 aliphatic carbocycles. The molecule has 2 N–H and O–H groups in total. The van der Waals surface area contributed by atoms with E-state index < -0.39 is 0 Å². The number of halogens is 1. The highest BCUT2D eigenvalue weighted by molar-refractivity contribution is 7.09. The molecule has 0 radical (unpaired) electrons. The molecule has 1 aliphatic rings. The first kappa shape index (κ1) is 20.8. The summed E-state index contributed by atoms with van der Waals surface area (Å²) in [5.74, 6) is 1.90. The van der Waals surface area contributed by atoms with Crippen LogP contribution in [-0.4, -0.2) is 29.5 Å². The number of rotatable bonds is 7. The molecule has 2 atom stereocenters. The molecular weight excluding hydrogens is 390 g/mol. The molecule has 28 heavy (non-hydrogen) atoms. The van der Waals surface area contributed by atoms with Crippen LogP contribution in [0.1, 0.15) is 22.2 Å². The molecule has 1 aromatic heterocycles. The van der Waals surface area contributed by atoms with Crippen molar-refractivity contribution in [2.24, 2.45) is 11.7 Å². The van der Waals surface area contributed by atoms with Crippen molar-refractivity contribution in [2.75, 3.05) is 19.6 Å². The lowest BCUT2D eigenvalue weighted by molar-refractivity contribution is 0.300. The highest BCUT2D eigenvalue weighted by atomic mass is 35.5. The Hall–Kier alpha value is -1.92. The molecule has 0 spiro atoms. The van der Waals surface area contributed by atoms with E-state index >= 15 is 0 Å². The fraction of sp³-hybridized carbons (Fsp3) is 0.318. The first-order valence-corrected chi connectivity index (χ1v) is 10.3. The molecule has 0 unspecified atom stereocenters. The SMILES string of the molecule is Cl.NC[C@@H]1CN(Cc2csc(COc3ccccc3)n2)C[C@H]1c1ccccc1. The molecule has 4 rings (SSSR count). The van der Waals surface area contributed by atoms with Crippen molar-refractivity contribution >= 4 is 23.7 Å². The zero-order valence-corrected chi connectivity index (χ0v) is 17.4. The van der Waals surface area contributed by atoms with Gasteiger partial charge in [-0.25, -0.2) is 4.98 Å². The highest BCUT2D eigenvalue weighted by Crippen LogP contribution is 2.32. The standard InChI is InChI=1S/C22H25N3OS.ClH/c23-11-18-12-25(14-21(18)17-7-3-1-4-8-17)13-19-16-27-22(24-19)15-26-20-9-5-2-6-10-20;/h1-10,16,18,21H,11-15,23H2;1H/t18-,21+;/m1./s1. The number of thiazole rings is 1. The van der Waals surface area contributed by atoms with Crippen LogP contribution in [0, 0.1) is 5.92 Å². The lowest BCUT2D eigenvalue weighted by atomic mass is 9.89. The third-order valence-electron chi connectivity index (χ3n) is 5.14. The van der Waals surface area contributed by atoms with Crippen molar-refractivity contribution in [3.05, 3.63) is 82.3 Å². The number of ether oxygens (including phenoxy) is 1. The zero-order chi connectivity index (χ0) is 18.5. The molecule has 3 aromatic rings. The summed E-state index contributed by atoms with van der Waals surface area (Å²) >= 11 is 1.67. The van der Waals surface area contributed by atoms with E-state index in [-0.39, 0.29) is 12.4 Å². The van der Waals surface area contributed by atoms with Gasteiger partial charge in [-0.15, -0.1) is 23.7 Å². The molecule has 1 aliphatic heterocycles. The normalized spacial score (nSPS) is 19.3. The molecule has 0 saturated carbocycles. The Morgan fingerprint density at radius 1 is 1.04 bits per heavy atom. The second-order valence-corrected chi connectivity index (χ2v) is 7.98. The van der Waals surface area contributed by atoms with E-state index in [0.717, 1.165) is 42.6 Å². The maximum absolute atomic E-state index is 6.06. The van der Waals surface area contributed by atoms with Crippen molar-refractivity contribution < 1.29 is 4.74 Å². The van der Waals surface area contributed by atoms with Gasteiger partial charge in [0.2, 0.25) is 0 Å². The van der Waals surface area contributed by atoms with Crippen molar-refractivity contribution in [3.63, 3.8) is 0 Å². The number of aromatic nitrogens is 1. The van der Waals surface area contributed by atoms with Crippen LogP contribution in [-0.2, 0) is 13.2 Å². The largest absolute Gasteiger partial charge is 0.486 e. The Kier molecular flexibility index (Phi) is 7.45. The van der Waals surface area contributed by atoms with E-state index in [1.165, 1.54) is 5.56 Å². The summed E-state index contributed by atoms with van der Waals surface area (Å²) in [7, 11) is 0. The fourth-order valence-corrected chi connectivity index (χ4v) is 4.48. The molecule has 6 heteroatoms. The number of benzene rings is 2. The maximum Gasteiger partial charge on any atom is 0.140 e. The van der Waals surface area contributed by atoms with Gasteiger partial charge < -0.3 is 10.5 Å². The van der Waals surface area contributed by atoms with Gasteiger partial charge in [0, 0.05) is 30.9 Å². The Labute approximate surface area is 176 Å². The number of hydrogen-bond acceptors (Lipinski definition) is 5. The predicted octanol–water partition coefficient (Wildman–Crippen LogP) is 4.32. The topological polar surface area (TPSA) is 51.4 Å². The molecule has 0 amide bonds. The number of hydrogen-bond donors (Lipinski definition) is 1. The van der Waals surface area contributed by atoms with Crippen LogP contribution in [0.5, 0.6) is 5.75 Å². The zero-order valence-electron chi connectivity index (χ0n) is 15.7. The van der Waals surface area contributed by atoms with Crippen LogP contribution in [0.4, 0.5) is 0 Å². The van der Waals surface area contributed by atoms with Gasteiger partial charge >= 0.3 is 0 Å². The minimum Gasteiger partial charge on any atom is -0.486 e. The molecule has 2 heterocycles. The first-order chi connectivity index (χ1) is 13.3. The van der Waals surface area contributed by atoms with E-state index in [1.54, 1.807) is 11.3 Å². The highest BCUT2D eigenvalue weighted by Gasteiger charge is 2.32. The molecule has 1 saturated heterocycles. The van der Waals surface area contributed by atoms with Gasteiger partial charge in [0.25, 0.3) is 0 Å². The van der Waals surface area contributed by atoms with Gasteiger partial charge in [0.05, 0.1) is 5.69 Å². The molecule has 0 bridgehead atoms. The van der Waals surface area contributed by atoms with Gasteiger partial charge in [0.15, 0.2) is 0 Å². The number of likely N-dealkylation sites (tertiary alicyclic amines) is 1. The Morgan fingerprint density at radius 3 is 2.46 bits per heavy atom. The molecule has 4 nitrogen and oxygen atoms in total. The van der Waals surface area contributed by atoms with Gasteiger partial charge in [-0.1, -0.05) is 48.5 Å². The van der Waals surface area contributed by atoms with Crippen LogP contribution in [0.3, 0.4) is 0 Å². The molecule has 148 valence electrons. The van der Waals surface area contributed by atoms with Crippen molar-refractivity contribution in [1.82, 2.24) is 9.88 Å². The van der Waals surface area contributed by atoms with Crippen LogP contribution in [0.15, 0.2) is 66.0 Å². The maximum atomic E-state index is 6.06. The fourth-order valence-electron chi connectivity index (χ4n) is 3.79. The number of para-hydroxylation sites is 1. The predicted molar refractivity (Wildman–Crippen MR) is 117 cm³/mol. The van der Waals surface area contributed by atoms with Crippen LogP contribution >= 0.6 is 23.7 Å². The minimum absolute atomic E-state index is 0. The summed E-state index contributed by atoms with van der Waals surface area (Å²) < 4.78 is 5.80. The summed E-state index contributed by atoms with van der Waals surface area (Å²) in [6.45, 7) is 4.19. The van der Waals surface area contributed by atoms with Crippen LogP contribution in [0.2, 0.25) is 0 Å². The second-order valence-electron chi connectivity index (χ2n) is 7.04. The molecule has 1 fully saturated rings. The second kappa shape index (κ2) is 10.0. The summed E-state index contributed by atoms with van der Waals surface area (Å²) in [4.78, 5) is 7.24. The third kappa shape index (κ3) is 5.11. The molecule has 2 aromatic carbocycles. The summed E-state index contributed by atoms with van der Waals surface area (Å²) in [6, 6.07) is 20.6. The number of nitrogens with zero attached hydrogens (tertiary/aromatic N) is 2. The Balaban J connectivity index is 0.00000225. The van der Waals surface area contributed by atoms with Gasteiger partial charge in [-0.2, -0.15) is 0 Å². The van der Waals surface area contributed by atoms with Crippen LogP contribution in [0.25, 0.3) is 0 Å². The molecular formula is C22H26ClN3OS. The minimum atomic E-state index is 0. The smallest absolute Gasteiger partial charge is 0.140 e. The van der Waals surface area contributed by atoms with Crippen molar-refractivity contribution in [3.8, 4) is 5.75 Å². The average molecular weight is 416 g/mol. The van der Waals surface area contributed by atoms with Gasteiger partial charge in [-0.3, -0.25) is 4.90 Å². The lowest BCUT2D eigenvalue weighted by Crippen LogP contribution is -2.23. The number of nitrogens with two attached hydrogens (primary N) is 1. The van der Waals surface area contributed by atoms with Crippen molar-refractivity contribution in [2.45, 2.75) is 19.1 Å². The summed E-state index contributed by atoms with van der Waals surface area (Å²) in [5, 5.41) is 3.17. The van der Waals surface area contributed by atoms with E-state index in [2.05, 4.69) is 40.6 Å². The van der Waals surface area contributed by atoms with E-state index in [0.29, 0.717) is 18.4 Å². The summed E-state index contributed by atoms with van der Waals surface area (Å²) in [5.41, 5.74) is 8.57. The third-order valence-corrected chi connectivity index (χ3v) is 6.01. The van der Waals surface area contributed by atoms with Crippen LogP contribution < -0.4 is 10.5 Å². The lowest BCUT2D eigenvalue weighted by Gasteiger charge is -2.16. The van der Waals surface area contributed by atoms with Crippen molar-refractivity contribution in [1.29, 1.82) is 0 Å². The van der Waals surface area contributed by atoms with E-state index in [9.17, 15) is 0 Å². The van der Waals surface area contributed by atoms with Gasteiger partial charge in [-0.05, 0) is 30.2 Å². The van der Waals surface area contributed by atoms with E-state index in [4.69, 9.17) is 15.5 Å². The Bertz CT molecular complexity index is 843. The Morgan fingerprint density at radius 2 is 1.75 bits per heavy atom. The quantitative estimate of drug-likeness (QED) is 0.624. The van der Waals surface area contributed by atoms with E-state index in [1.807, 2.05) is 30.3 Å². The summed E-state index contributed by atoms with van der Waals surface area (Å²) in [6.07, 6.45) is 0. The first-order valence-electron chi connectivity index (χ1n) is 9.40. The van der Waals surface area contributed by atoms with Gasteiger partial charge in [0.1, 0.15) is 17.4 Å². The monoisotopic (exact) mass is 415 g/mol. The average Bonchev–Trinajstić information content (AvgIpc) is 3.35.